The summed E-state index contributed by atoms with van der Waals surface area (Å²) in [5.74, 6) is 0.167. The van der Waals surface area contributed by atoms with Crippen molar-refractivity contribution in [1.82, 2.24) is 4.90 Å². The second kappa shape index (κ2) is 6.87. The van der Waals surface area contributed by atoms with Crippen LogP contribution in [0, 0.1) is 11.7 Å². The highest BCUT2D eigenvalue weighted by atomic mass is 35.5. The van der Waals surface area contributed by atoms with Gasteiger partial charge in [-0.3, -0.25) is 4.79 Å². The molecule has 1 aromatic rings. The molecule has 0 bridgehead atoms. The molecule has 1 saturated heterocycles. The first-order chi connectivity index (χ1) is 8.56. The van der Waals surface area contributed by atoms with Crippen molar-refractivity contribution in [2.45, 2.75) is 25.8 Å². The van der Waals surface area contributed by atoms with Gasteiger partial charge in [-0.05, 0) is 30.0 Å². The first-order valence-electron chi connectivity index (χ1n) is 6.34. The quantitative estimate of drug-likeness (QED) is 0.904. The Morgan fingerprint density at radius 1 is 1.42 bits per heavy atom. The molecule has 5 heteroatoms. The predicted octanol–water partition coefficient (Wildman–Crippen LogP) is 1.99. The Kier molecular flexibility index (Phi) is 5.76. The molecule has 3 nitrogen and oxygen atoms in total. The van der Waals surface area contributed by atoms with Gasteiger partial charge in [0.25, 0.3) is 0 Å². The predicted molar refractivity (Wildman–Crippen MR) is 75.7 cm³/mol. The third-order valence-corrected chi connectivity index (χ3v) is 3.59. The van der Waals surface area contributed by atoms with Crippen LogP contribution < -0.4 is 5.73 Å². The molecular weight excluding hydrogens is 267 g/mol. The van der Waals surface area contributed by atoms with Crippen molar-refractivity contribution in [3.05, 3.63) is 35.6 Å². The smallest absolute Gasteiger partial charge is 0.227 e. The lowest BCUT2D eigenvalue weighted by Gasteiger charge is -2.35. The zero-order valence-corrected chi connectivity index (χ0v) is 11.8. The van der Waals surface area contributed by atoms with E-state index in [1.807, 2.05) is 4.90 Å². The first kappa shape index (κ1) is 15.9. The zero-order chi connectivity index (χ0) is 13.1. The minimum Gasteiger partial charge on any atom is -0.342 e. The fourth-order valence-corrected chi connectivity index (χ4v) is 2.28. The van der Waals surface area contributed by atoms with Crippen molar-refractivity contribution in [3.63, 3.8) is 0 Å². The normalized spacial score (nSPS) is 22.8. The average Bonchev–Trinajstić information content (AvgIpc) is 2.35. The highest BCUT2D eigenvalue weighted by Gasteiger charge is 2.25. The van der Waals surface area contributed by atoms with Crippen LogP contribution in [-0.4, -0.2) is 29.9 Å². The molecule has 1 aliphatic heterocycles. The number of halogens is 2. The average molecular weight is 287 g/mol. The number of nitrogens with zero attached hydrogens (tertiary/aromatic N) is 1. The molecule has 19 heavy (non-hydrogen) atoms. The molecule has 2 unspecified atom stereocenters. The van der Waals surface area contributed by atoms with Gasteiger partial charge in [-0.25, -0.2) is 4.39 Å². The Morgan fingerprint density at radius 3 is 2.63 bits per heavy atom. The van der Waals surface area contributed by atoms with E-state index < -0.39 is 0 Å². The number of hydrogen-bond acceptors (Lipinski definition) is 2. The van der Waals surface area contributed by atoms with Crippen molar-refractivity contribution in [3.8, 4) is 0 Å². The van der Waals surface area contributed by atoms with E-state index in [-0.39, 0.29) is 30.2 Å². The van der Waals surface area contributed by atoms with Gasteiger partial charge in [0.15, 0.2) is 0 Å². The van der Waals surface area contributed by atoms with E-state index in [9.17, 15) is 9.18 Å². The molecule has 2 rings (SSSR count). The Morgan fingerprint density at radius 2 is 2.05 bits per heavy atom. The lowest BCUT2D eigenvalue weighted by molar-refractivity contribution is -0.132. The highest BCUT2D eigenvalue weighted by molar-refractivity contribution is 5.85. The minimum absolute atomic E-state index is 0. The third kappa shape index (κ3) is 4.18. The fraction of sp³-hybridized carbons (Fsp3) is 0.500. The SMILES string of the molecule is CC1CN(C(=O)Cc2ccc(F)cc2)CCC1N.Cl. The summed E-state index contributed by atoms with van der Waals surface area (Å²) in [5, 5.41) is 0. The van der Waals surface area contributed by atoms with E-state index in [1.165, 1.54) is 12.1 Å². The maximum atomic E-state index is 12.8. The van der Waals surface area contributed by atoms with Gasteiger partial charge in [-0.2, -0.15) is 0 Å². The summed E-state index contributed by atoms with van der Waals surface area (Å²) in [4.78, 5) is 14.0. The molecule has 1 amide bonds. The standard InChI is InChI=1S/C14H19FN2O.ClH/c1-10-9-17(7-6-13(10)16)14(18)8-11-2-4-12(15)5-3-11;/h2-5,10,13H,6-9,16H2,1H3;1H. The van der Waals surface area contributed by atoms with E-state index in [1.54, 1.807) is 12.1 Å². The molecule has 106 valence electrons. The molecule has 1 fully saturated rings. The Balaban J connectivity index is 0.00000180. The molecular formula is C14H20ClFN2O. The molecule has 1 aliphatic rings. The molecule has 0 aromatic heterocycles. The summed E-state index contributed by atoms with van der Waals surface area (Å²) >= 11 is 0. The van der Waals surface area contributed by atoms with Gasteiger partial charge in [0.2, 0.25) is 5.91 Å². The van der Waals surface area contributed by atoms with E-state index in [2.05, 4.69) is 6.92 Å². The lowest BCUT2D eigenvalue weighted by atomic mass is 9.94. The van der Waals surface area contributed by atoms with Gasteiger partial charge >= 0.3 is 0 Å². The number of nitrogens with two attached hydrogens (primary N) is 1. The largest absolute Gasteiger partial charge is 0.342 e. The van der Waals surface area contributed by atoms with Crippen LogP contribution in [0.4, 0.5) is 4.39 Å². The molecule has 0 aliphatic carbocycles. The summed E-state index contributed by atoms with van der Waals surface area (Å²) in [6.45, 7) is 3.52. The summed E-state index contributed by atoms with van der Waals surface area (Å²) in [7, 11) is 0. The van der Waals surface area contributed by atoms with Crippen LogP contribution in [0.25, 0.3) is 0 Å². The molecule has 0 saturated carbocycles. The maximum Gasteiger partial charge on any atom is 0.227 e. The second-order valence-corrected chi connectivity index (χ2v) is 5.07. The number of piperidine rings is 1. The van der Waals surface area contributed by atoms with E-state index in [4.69, 9.17) is 5.73 Å². The first-order valence-corrected chi connectivity index (χ1v) is 6.34. The summed E-state index contributed by atoms with van der Waals surface area (Å²) in [5.41, 5.74) is 6.78. The van der Waals surface area contributed by atoms with Crippen molar-refractivity contribution in [2.24, 2.45) is 11.7 Å². The highest BCUT2D eigenvalue weighted by Crippen LogP contribution is 2.16. The van der Waals surface area contributed by atoms with Crippen LogP contribution >= 0.6 is 12.4 Å². The number of amides is 1. The van der Waals surface area contributed by atoms with Gasteiger partial charge in [-0.1, -0.05) is 19.1 Å². The maximum absolute atomic E-state index is 12.8. The number of carbonyl (C=O) groups is 1. The van der Waals surface area contributed by atoms with Crippen LogP contribution in [0.1, 0.15) is 18.9 Å². The number of benzene rings is 1. The second-order valence-electron chi connectivity index (χ2n) is 5.07. The van der Waals surface area contributed by atoms with E-state index >= 15 is 0 Å². The van der Waals surface area contributed by atoms with Gasteiger partial charge < -0.3 is 10.6 Å². The summed E-state index contributed by atoms with van der Waals surface area (Å²) in [6, 6.07) is 6.29. The Labute approximate surface area is 119 Å². The van der Waals surface area contributed by atoms with Crippen molar-refractivity contribution in [2.75, 3.05) is 13.1 Å². The number of carbonyl (C=O) groups excluding carboxylic acids is 1. The van der Waals surface area contributed by atoms with Crippen LogP contribution in [0.2, 0.25) is 0 Å². The van der Waals surface area contributed by atoms with Crippen molar-refractivity contribution >= 4 is 18.3 Å². The van der Waals surface area contributed by atoms with Gasteiger partial charge in [-0.15, -0.1) is 12.4 Å². The fourth-order valence-electron chi connectivity index (χ4n) is 2.28. The molecule has 0 radical (unpaired) electrons. The minimum atomic E-state index is -0.274. The van der Waals surface area contributed by atoms with Crippen LogP contribution in [0.5, 0.6) is 0 Å². The summed E-state index contributed by atoms with van der Waals surface area (Å²) in [6.07, 6.45) is 1.19. The van der Waals surface area contributed by atoms with Crippen molar-refractivity contribution in [1.29, 1.82) is 0 Å². The van der Waals surface area contributed by atoms with E-state index in [0.29, 0.717) is 12.3 Å². The molecule has 1 aromatic carbocycles. The lowest BCUT2D eigenvalue weighted by Crippen LogP contribution is -2.48. The molecule has 2 atom stereocenters. The number of hydrogen-bond donors (Lipinski definition) is 1. The van der Waals surface area contributed by atoms with Crippen LogP contribution in [0.15, 0.2) is 24.3 Å². The van der Waals surface area contributed by atoms with Gasteiger partial charge in [0.1, 0.15) is 5.82 Å². The van der Waals surface area contributed by atoms with Gasteiger partial charge in [0, 0.05) is 19.1 Å². The van der Waals surface area contributed by atoms with Crippen LogP contribution in [0.3, 0.4) is 0 Å². The topological polar surface area (TPSA) is 46.3 Å². The van der Waals surface area contributed by atoms with Crippen molar-refractivity contribution < 1.29 is 9.18 Å². The molecule has 1 heterocycles. The van der Waals surface area contributed by atoms with Gasteiger partial charge in [0.05, 0.1) is 6.42 Å². The zero-order valence-electron chi connectivity index (χ0n) is 11.0. The van der Waals surface area contributed by atoms with Crippen LogP contribution in [-0.2, 0) is 11.2 Å². The third-order valence-electron chi connectivity index (χ3n) is 3.59. The Hall–Kier alpha value is -1.13. The monoisotopic (exact) mass is 286 g/mol. The number of rotatable bonds is 2. The van der Waals surface area contributed by atoms with E-state index in [0.717, 1.165) is 25.1 Å². The summed E-state index contributed by atoms with van der Waals surface area (Å²) < 4.78 is 12.8. The molecule has 0 spiro atoms. The number of likely N-dealkylation sites (tertiary alicyclic amines) is 1. The Bertz CT molecular complexity index is 424. The molecule has 2 N–H and O–H groups in total.